The van der Waals surface area contributed by atoms with E-state index in [9.17, 15) is 14.0 Å². The van der Waals surface area contributed by atoms with E-state index in [1.54, 1.807) is 4.90 Å². The maximum atomic E-state index is 13.6. The number of methoxy groups -OCH3 is 1. The number of hydrogen-bond donors (Lipinski definition) is 1. The Morgan fingerprint density at radius 1 is 1.30 bits per heavy atom. The van der Waals surface area contributed by atoms with Crippen molar-refractivity contribution in [1.29, 1.82) is 0 Å². The summed E-state index contributed by atoms with van der Waals surface area (Å²) in [7, 11) is 1.25. The molecule has 20 heavy (non-hydrogen) atoms. The number of alkyl carbamates (subject to hydrolysis) is 1. The van der Waals surface area contributed by atoms with Gasteiger partial charge < -0.3 is 15.0 Å². The average molecular weight is 288 g/mol. The minimum Gasteiger partial charge on any atom is -0.453 e. The number of likely N-dealkylation sites (tertiary alicyclic amines) is 1. The summed E-state index contributed by atoms with van der Waals surface area (Å²) in [5, 5.41) is 2.54. The molecule has 0 bridgehead atoms. The van der Waals surface area contributed by atoms with E-state index in [2.05, 4.69) is 10.1 Å². The monoisotopic (exact) mass is 288 g/mol. The van der Waals surface area contributed by atoms with Crippen LogP contribution in [0.15, 0.2) is 0 Å². The molecule has 0 aliphatic carbocycles. The molecule has 0 spiro atoms. The minimum atomic E-state index is -0.989. The van der Waals surface area contributed by atoms with Gasteiger partial charge in [-0.2, -0.15) is 0 Å². The van der Waals surface area contributed by atoms with Crippen LogP contribution in [0.1, 0.15) is 34.1 Å². The van der Waals surface area contributed by atoms with E-state index in [1.807, 2.05) is 27.7 Å². The topological polar surface area (TPSA) is 58.6 Å². The summed E-state index contributed by atoms with van der Waals surface area (Å²) in [5.41, 5.74) is 0. The standard InChI is InChI=1S/C14H25FN2O3/c1-8(2)11-6-10(15)7-17(11)13(18)12(9(3)4)16-14(19)20-5/h8-12H,6-7H2,1-5H3,(H,16,19)/t10-,11?,12-/m0/s1. The highest BCUT2D eigenvalue weighted by molar-refractivity contribution is 5.86. The quantitative estimate of drug-likeness (QED) is 0.860. The highest BCUT2D eigenvalue weighted by Crippen LogP contribution is 2.27. The van der Waals surface area contributed by atoms with Crippen LogP contribution in [0, 0.1) is 11.8 Å². The Bertz CT molecular complexity index is 360. The third-order valence-corrected chi connectivity index (χ3v) is 3.74. The molecule has 1 heterocycles. The van der Waals surface area contributed by atoms with Gasteiger partial charge in [0.2, 0.25) is 5.91 Å². The Kier molecular flexibility index (Phi) is 5.77. The van der Waals surface area contributed by atoms with Crippen LogP contribution in [0.5, 0.6) is 0 Å². The number of rotatable bonds is 4. The molecule has 1 aliphatic heterocycles. The second-order valence-electron chi connectivity index (χ2n) is 5.99. The highest BCUT2D eigenvalue weighted by atomic mass is 19.1. The Morgan fingerprint density at radius 2 is 1.90 bits per heavy atom. The van der Waals surface area contributed by atoms with Gasteiger partial charge in [0.25, 0.3) is 0 Å². The van der Waals surface area contributed by atoms with Crippen molar-refractivity contribution in [2.45, 2.75) is 52.4 Å². The van der Waals surface area contributed by atoms with E-state index >= 15 is 0 Å². The molecular weight excluding hydrogens is 263 g/mol. The lowest BCUT2D eigenvalue weighted by atomic mass is 9.98. The van der Waals surface area contributed by atoms with Crippen molar-refractivity contribution in [2.24, 2.45) is 11.8 Å². The second-order valence-corrected chi connectivity index (χ2v) is 5.99. The van der Waals surface area contributed by atoms with Crippen LogP contribution >= 0.6 is 0 Å². The number of nitrogens with one attached hydrogen (secondary N) is 1. The van der Waals surface area contributed by atoms with Crippen LogP contribution in [0.3, 0.4) is 0 Å². The van der Waals surface area contributed by atoms with Gasteiger partial charge in [0.1, 0.15) is 12.2 Å². The maximum absolute atomic E-state index is 13.6. The third kappa shape index (κ3) is 3.84. The van der Waals surface area contributed by atoms with Crippen molar-refractivity contribution >= 4 is 12.0 Å². The van der Waals surface area contributed by atoms with Crippen molar-refractivity contribution in [3.63, 3.8) is 0 Å². The van der Waals surface area contributed by atoms with Gasteiger partial charge in [0.15, 0.2) is 0 Å². The van der Waals surface area contributed by atoms with E-state index in [0.29, 0.717) is 6.42 Å². The summed E-state index contributed by atoms with van der Waals surface area (Å²) in [6, 6.07) is -0.799. The predicted octanol–water partition coefficient (Wildman–Crippen LogP) is 1.96. The SMILES string of the molecule is COC(=O)N[C@H](C(=O)N1C[C@@H](F)CC1C(C)C)C(C)C. The van der Waals surface area contributed by atoms with Crippen LogP contribution in [-0.4, -0.2) is 48.8 Å². The van der Waals surface area contributed by atoms with E-state index in [0.717, 1.165) is 0 Å². The first-order valence-corrected chi connectivity index (χ1v) is 7.07. The normalized spacial score (nSPS) is 24.1. The molecule has 0 aromatic carbocycles. The molecule has 1 N–H and O–H groups in total. The number of ether oxygens (including phenoxy) is 1. The summed E-state index contributed by atoms with van der Waals surface area (Å²) in [4.78, 5) is 25.5. The first-order chi connectivity index (χ1) is 9.27. The molecule has 1 aliphatic rings. The molecule has 2 amide bonds. The lowest BCUT2D eigenvalue weighted by Crippen LogP contribution is -2.53. The van der Waals surface area contributed by atoms with Crippen molar-refractivity contribution in [3.05, 3.63) is 0 Å². The van der Waals surface area contributed by atoms with Crippen LogP contribution in [-0.2, 0) is 9.53 Å². The number of alkyl halides is 1. The summed E-state index contributed by atoms with van der Waals surface area (Å²) in [5.74, 6) is -0.136. The van der Waals surface area contributed by atoms with E-state index in [4.69, 9.17) is 0 Å². The zero-order chi connectivity index (χ0) is 15.4. The third-order valence-electron chi connectivity index (χ3n) is 3.74. The lowest BCUT2D eigenvalue weighted by molar-refractivity contribution is -0.136. The van der Waals surface area contributed by atoms with Gasteiger partial charge in [0.05, 0.1) is 13.7 Å². The first-order valence-electron chi connectivity index (χ1n) is 7.07. The summed E-state index contributed by atoms with van der Waals surface area (Å²) in [6.07, 6.45) is -1.27. The summed E-state index contributed by atoms with van der Waals surface area (Å²) in [6.45, 7) is 7.73. The molecule has 0 aromatic rings. The highest BCUT2D eigenvalue weighted by Gasteiger charge is 2.40. The number of amides is 2. The molecule has 6 heteroatoms. The Morgan fingerprint density at radius 3 is 2.35 bits per heavy atom. The van der Waals surface area contributed by atoms with Crippen molar-refractivity contribution in [3.8, 4) is 0 Å². The molecule has 1 fully saturated rings. The largest absolute Gasteiger partial charge is 0.453 e. The molecule has 0 aromatic heterocycles. The average Bonchev–Trinajstić information content (AvgIpc) is 2.76. The minimum absolute atomic E-state index is 0.0897. The van der Waals surface area contributed by atoms with Crippen molar-refractivity contribution in [2.75, 3.05) is 13.7 Å². The predicted molar refractivity (Wildman–Crippen MR) is 74.0 cm³/mol. The Hall–Kier alpha value is -1.33. The Balaban J connectivity index is 2.85. The molecule has 1 unspecified atom stereocenters. The van der Waals surface area contributed by atoms with Gasteiger partial charge in [-0.25, -0.2) is 9.18 Å². The summed E-state index contributed by atoms with van der Waals surface area (Å²) < 4.78 is 18.2. The van der Waals surface area contributed by atoms with Crippen LogP contribution in [0.4, 0.5) is 9.18 Å². The van der Waals surface area contributed by atoms with Gasteiger partial charge in [-0.1, -0.05) is 27.7 Å². The number of halogens is 1. The van der Waals surface area contributed by atoms with Crippen molar-refractivity contribution in [1.82, 2.24) is 10.2 Å². The van der Waals surface area contributed by atoms with Gasteiger partial charge in [-0.15, -0.1) is 0 Å². The summed E-state index contributed by atoms with van der Waals surface area (Å²) >= 11 is 0. The number of hydrogen-bond acceptors (Lipinski definition) is 3. The smallest absolute Gasteiger partial charge is 0.407 e. The first kappa shape index (κ1) is 16.7. The zero-order valence-corrected chi connectivity index (χ0v) is 12.9. The van der Waals surface area contributed by atoms with Crippen molar-refractivity contribution < 1.29 is 18.7 Å². The number of carbonyl (C=O) groups is 2. The van der Waals surface area contributed by atoms with E-state index in [1.165, 1.54) is 7.11 Å². The Labute approximate surface area is 119 Å². The van der Waals surface area contributed by atoms with Crippen LogP contribution in [0.2, 0.25) is 0 Å². The zero-order valence-electron chi connectivity index (χ0n) is 12.9. The fourth-order valence-electron chi connectivity index (χ4n) is 2.58. The maximum Gasteiger partial charge on any atom is 0.407 e. The number of carbonyl (C=O) groups excluding carboxylic acids is 2. The van der Waals surface area contributed by atoms with E-state index < -0.39 is 18.3 Å². The molecule has 0 radical (unpaired) electrons. The molecule has 5 nitrogen and oxygen atoms in total. The molecule has 3 atom stereocenters. The molecule has 0 saturated carbocycles. The van der Waals surface area contributed by atoms with Gasteiger partial charge in [0, 0.05) is 12.5 Å². The fourth-order valence-corrected chi connectivity index (χ4v) is 2.58. The molecular formula is C14H25FN2O3. The molecule has 1 rings (SSSR count). The van der Waals surface area contributed by atoms with Crippen LogP contribution in [0.25, 0.3) is 0 Å². The van der Waals surface area contributed by atoms with Gasteiger partial charge >= 0.3 is 6.09 Å². The molecule has 1 saturated heterocycles. The fraction of sp³-hybridized carbons (Fsp3) is 0.857. The van der Waals surface area contributed by atoms with Crippen LogP contribution < -0.4 is 5.32 Å². The number of nitrogens with zero attached hydrogens (tertiary/aromatic N) is 1. The van der Waals surface area contributed by atoms with E-state index in [-0.39, 0.29) is 30.3 Å². The van der Waals surface area contributed by atoms with Gasteiger partial charge in [-0.05, 0) is 11.8 Å². The lowest BCUT2D eigenvalue weighted by Gasteiger charge is -2.32. The second kappa shape index (κ2) is 6.90. The van der Waals surface area contributed by atoms with Gasteiger partial charge in [-0.3, -0.25) is 4.79 Å². The molecule has 116 valence electrons.